The molecule has 184 valence electrons. The van der Waals surface area contributed by atoms with Gasteiger partial charge in [-0.1, -0.05) is 54.1 Å². The third kappa shape index (κ3) is 6.18. The van der Waals surface area contributed by atoms with E-state index >= 15 is 0 Å². The molecule has 37 heavy (non-hydrogen) atoms. The first kappa shape index (κ1) is 26.0. The van der Waals surface area contributed by atoms with E-state index in [4.69, 9.17) is 21.1 Å². The SMILES string of the molecule is CCOc1cc(/C=C(\C#N)C(=O)Nc2cccc(Cl)c2)cc(Br)c1OC(=O)c1cccc2ccccc12. The molecule has 0 aliphatic rings. The van der Waals surface area contributed by atoms with Crippen LogP contribution in [-0.4, -0.2) is 18.5 Å². The zero-order valence-corrected chi connectivity index (χ0v) is 22.0. The van der Waals surface area contributed by atoms with Gasteiger partial charge in [-0.2, -0.15) is 5.26 Å². The molecule has 8 heteroatoms. The molecule has 0 bridgehead atoms. The van der Waals surface area contributed by atoms with Gasteiger partial charge in [0.25, 0.3) is 5.91 Å². The van der Waals surface area contributed by atoms with E-state index in [1.54, 1.807) is 55.5 Å². The van der Waals surface area contributed by atoms with E-state index in [1.165, 1.54) is 6.08 Å². The molecule has 1 N–H and O–H groups in total. The first-order valence-electron chi connectivity index (χ1n) is 11.2. The molecule has 0 radical (unpaired) electrons. The average molecular weight is 576 g/mol. The third-order valence-electron chi connectivity index (χ3n) is 5.29. The lowest BCUT2D eigenvalue weighted by molar-refractivity contribution is -0.112. The van der Waals surface area contributed by atoms with Gasteiger partial charge in [-0.15, -0.1) is 0 Å². The van der Waals surface area contributed by atoms with Gasteiger partial charge in [-0.25, -0.2) is 4.79 Å². The quantitative estimate of drug-likeness (QED) is 0.107. The van der Waals surface area contributed by atoms with Crippen molar-refractivity contribution in [2.45, 2.75) is 6.92 Å². The van der Waals surface area contributed by atoms with Crippen LogP contribution in [-0.2, 0) is 4.79 Å². The second-order valence-electron chi connectivity index (χ2n) is 7.81. The van der Waals surface area contributed by atoms with Crippen molar-refractivity contribution in [2.24, 2.45) is 0 Å². The fraction of sp³-hybridized carbons (Fsp3) is 0.0690. The van der Waals surface area contributed by atoms with Crippen molar-refractivity contribution >= 4 is 61.9 Å². The third-order valence-corrected chi connectivity index (χ3v) is 6.12. The maximum atomic E-state index is 13.1. The fourth-order valence-corrected chi connectivity index (χ4v) is 4.40. The number of nitrogens with one attached hydrogen (secondary N) is 1. The number of benzene rings is 4. The Kier molecular flexibility index (Phi) is 8.24. The molecule has 6 nitrogen and oxygen atoms in total. The summed E-state index contributed by atoms with van der Waals surface area (Å²) in [6.07, 6.45) is 1.42. The summed E-state index contributed by atoms with van der Waals surface area (Å²) in [6.45, 7) is 2.10. The number of ether oxygens (including phenoxy) is 2. The lowest BCUT2D eigenvalue weighted by Crippen LogP contribution is -2.13. The minimum absolute atomic E-state index is 0.130. The first-order valence-corrected chi connectivity index (χ1v) is 12.4. The Morgan fingerprint density at radius 3 is 2.57 bits per heavy atom. The van der Waals surface area contributed by atoms with E-state index in [1.807, 2.05) is 36.4 Å². The van der Waals surface area contributed by atoms with Crippen molar-refractivity contribution in [2.75, 3.05) is 11.9 Å². The predicted molar refractivity (Wildman–Crippen MR) is 148 cm³/mol. The number of carbonyl (C=O) groups is 2. The van der Waals surface area contributed by atoms with Gasteiger partial charge in [-0.3, -0.25) is 4.79 Å². The molecule has 4 aromatic rings. The smallest absolute Gasteiger partial charge is 0.344 e. The number of fused-ring (bicyclic) bond motifs is 1. The minimum Gasteiger partial charge on any atom is -0.490 e. The number of esters is 1. The van der Waals surface area contributed by atoms with Crippen LogP contribution in [0.15, 0.2) is 88.9 Å². The molecule has 0 aromatic heterocycles. The molecule has 0 aliphatic heterocycles. The van der Waals surface area contributed by atoms with Crippen LogP contribution in [0.1, 0.15) is 22.8 Å². The molecule has 0 saturated heterocycles. The maximum absolute atomic E-state index is 13.1. The van der Waals surface area contributed by atoms with Crippen LogP contribution in [0.25, 0.3) is 16.8 Å². The summed E-state index contributed by atoms with van der Waals surface area (Å²) in [5.74, 6) is -0.659. The van der Waals surface area contributed by atoms with Crippen molar-refractivity contribution in [3.63, 3.8) is 0 Å². The average Bonchev–Trinajstić information content (AvgIpc) is 2.89. The highest BCUT2D eigenvalue weighted by Crippen LogP contribution is 2.38. The fourth-order valence-electron chi connectivity index (χ4n) is 3.66. The van der Waals surface area contributed by atoms with Gasteiger partial charge in [0.05, 0.1) is 16.6 Å². The topological polar surface area (TPSA) is 88.4 Å². The summed E-state index contributed by atoms with van der Waals surface area (Å²) in [7, 11) is 0. The largest absolute Gasteiger partial charge is 0.490 e. The van der Waals surface area contributed by atoms with Crippen molar-refractivity contribution in [1.29, 1.82) is 5.26 Å². The van der Waals surface area contributed by atoms with E-state index in [2.05, 4.69) is 21.2 Å². The summed E-state index contributed by atoms with van der Waals surface area (Å²) < 4.78 is 11.9. The molecule has 0 heterocycles. The summed E-state index contributed by atoms with van der Waals surface area (Å²) in [5, 5.41) is 14.4. The van der Waals surface area contributed by atoms with Crippen LogP contribution >= 0.6 is 27.5 Å². The van der Waals surface area contributed by atoms with Crippen LogP contribution in [0.5, 0.6) is 11.5 Å². The highest BCUT2D eigenvalue weighted by molar-refractivity contribution is 9.10. The van der Waals surface area contributed by atoms with Crippen LogP contribution in [0.4, 0.5) is 5.69 Å². The number of rotatable bonds is 7. The lowest BCUT2D eigenvalue weighted by atomic mass is 10.0. The van der Waals surface area contributed by atoms with Crippen LogP contribution in [0.3, 0.4) is 0 Å². The number of nitrogens with zero attached hydrogens (tertiary/aromatic N) is 1. The van der Waals surface area contributed by atoms with E-state index < -0.39 is 11.9 Å². The van der Waals surface area contributed by atoms with Crippen LogP contribution < -0.4 is 14.8 Å². The lowest BCUT2D eigenvalue weighted by Gasteiger charge is -2.14. The highest BCUT2D eigenvalue weighted by Gasteiger charge is 2.19. The van der Waals surface area contributed by atoms with E-state index in [-0.39, 0.29) is 17.1 Å². The Bertz CT molecular complexity index is 1570. The molecule has 0 unspecified atom stereocenters. The van der Waals surface area contributed by atoms with Gasteiger partial charge in [0.2, 0.25) is 0 Å². The molecule has 0 saturated carbocycles. The van der Waals surface area contributed by atoms with Crippen LogP contribution in [0.2, 0.25) is 5.02 Å². The molecule has 0 aliphatic carbocycles. The summed E-state index contributed by atoms with van der Waals surface area (Å²) in [5.41, 5.74) is 1.25. The zero-order chi connectivity index (χ0) is 26.4. The molecular formula is C29H20BrClN2O4. The van der Waals surface area contributed by atoms with Gasteiger partial charge in [-0.05, 0) is 81.7 Å². The standard InChI is InChI=1S/C29H20BrClN2O4/c1-2-36-26-15-18(13-20(17-32)28(34)33-22-10-6-9-21(31)16-22)14-25(30)27(26)37-29(35)24-12-5-8-19-7-3-4-11-23(19)24/h3-16H,2H2,1H3,(H,33,34)/b20-13+. The van der Waals surface area contributed by atoms with E-state index in [0.717, 1.165) is 10.8 Å². The normalized spacial score (nSPS) is 11.0. The highest BCUT2D eigenvalue weighted by atomic mass is 79.9. The van der Waals surface area contributed by atoms with E-state index in [0.29, 0.717) is 32.9 Å². The Labute approximate surface area is 227 Å². The van der Waals surface area contributed by atoms with Crippen molar-refractivity contribution < 1.29 is 19.1 Å². The van der Waals surface area contributed by atoms with Gasteiger partial charge < -0.3 is 14.8 Å². The van der Waals surface area contributed by atoms with Crippen molar-refractivity contribution in [3.05, 3.63) is 105 Å². The number of amides is 1. The first-order chi connectivity index (χ1) is 17.9. The number of hydrogen-bond acceptors (Lipinski definition) is 5. The van der Waals surface area contributed by atoms with Crippen LogP contribution in [0, 0.1) is 11.3 Å². The van der Waals surface area contributed by atoms with Crippen molar-refractivity contribution in [3.8, 4) is 17.6 Å². The van der Waals surface area contributed by atoms with Crippen molar-refractivity contribution in [1.82, 2.24) is 0 Å². The van der Waals surface area contributed by atoms with Gasteiger partial charge in [0.1, 0.15) is 11.6 Å². The van der Waals surface area contributed by atoms with E-state index in [9.17, 15) is 14.9 Å². The molecule has 0 fully saturated rings. The molecule has 1 amide bonds. The molecule has 0 atom stereocenters. The minimum atomic E-state index is -0.592. The predicted octanol–water partition coefficient (Wildman–Crippen LogP) is 7.42. The maximum Gasteiger partial charge on any atom is 0.344 e. The van der Waals surface area contributed by atoms with Gasteiger partial charge in [0.15, 0.2) is 11.5 Å². The number of carbonyl (C=O) groups excluding carboxylic acids is 2. The Hall–Kier alpha value is -4.12. The second kappa shape index (κ2) is 11.7. The Balaban J connectivity index is 1.64. The number of hydrogen-bond donors (Lipinski definition) is 1. The van der Waals surface area contributed by atoms with Gasteiger partial charge in [0, 0.05) is 10.7 Å². The monoisotopic (exact) mass is 574 g/mol. The second-order valence-corrected chi connectivity index (χ2v) is 9.10. The Morgan fingerprint density at radius 1 is 1.05 bits per heavy atom. The van der Waals surface area contributed by atoms with Gasteiger partial charge >= 0.3 is 5.97 Å². The summed E-state index contributed by atoms with van der Waals surface area (Å²) in [6, 6.07) is 24.7. The molecular weight excluding hydrogens is 556 g/mol. The zero-order valence-electron chi connectivity index (χ0n) is 19.6. The number of nitriles is 1. The molecule has 0 spiro atoms. The number of halogens is 2. The number of anilines is 1. The summed E-state index contributed by atoms with van der Waals surface area (Å²) >= 11 is 9.41. The molecule has 4 aromatic carbocycles. The Morgan fingerprint density at radius 2 is 1.81 bits per heavy atom. The summed E-state index contributed by atoms with van der Waals surface area (Å²) in [4.78, 5) is 25.8. The molecule has 4 rings (SSSR count).